The summed E-state index contributed by atoms with van der Waals surface area (Å²) in [5.41, 5.74) is 0.754. The van der Waals surface area contributed by atoms with Gasteiger partial charge >= 0.3 is 12.0 Å². The number of rotatable bonds is 5. The molecule has 0 saturated carbocycles. The van der Waals surface area contributed by atoms with Crippen molar-refractivity contribution in [2.24, 2.45) is 0 Å². The predicted molar refractivity (Wildman–Crippen MR) is 65.0 cm³/mol. The van der Waals surface area contributed by atoms with Crippen LogP contribution in [0.25, 0.3) is 0 Å². The minimum atomic E-state index is -0.904. The Balaban J connectivity index is 2.40. The minimum Gasteiger partial charge on any atom is -0.481 e. The molecule has 0 saturated heterocycles. The molecule has 0 unspecified atom stereocenters. The van der Waals surface area contributed by atoms with Crippen molar-refractivity contribution in [1.82, 2.24) is 5.32 Å². The maximum Gasteiger partial charge on any atom is 0.319 e. The maximum atomic E-state index is 13.2. The number of halogens is 1. The summed E-state index contributed by atoms with van der Waals surface area (Å²) >= 11 is 0. The van der Waals surface area contributed by atoms with Gasteiger partial charge in [-0.25, -0.2) is 9.18 Å². The van der Waals surface area contributed by atoms with Gasteiger partial charge in [-0.2, -0.15) is 0 Å². The number of hydrogen-bond acceptors (Lipinski definition) is 2. The van der Waals surface area contributed by atoms with Gasteiger partial charge in [0.2, 0.25) is 0 Å². The summed E-state index contributed by atoms with van der Waals surface area (Å²) in [5, 5.41) is 13.4. The van der Waals surface area contributed by atoms with E-state index in [1.54, 1.807) is 13.0 Å². The number of carboxylic acids is 1. The molecule has 0 radical (unpaired) electrons. The van der Waals surface area contributed by atoms with Crippen molar-refractivity contribution in [3.8, 4) is 0 Å². The van der Waals surface area contributed by atoms with E-state index in [1.165, 1.54) is 12.1 Å². The fourth-order valence-electron chi connectivity index (χ4n) is 1.35. The van der Waals surface area contributed by atoms with Crippen molar-refractivity contribution in [2.75, 3.05) is 11.9 Å². The van der Waals surface area contributed by atoms with Crippen molar-refractivity contribution >= 4 is 17.7 Å². The number of benzene rings is 1. The van der Waals surface area contributed by atoms with Crippen LogP contribution in [0.15, 0.2) is 18.2 Å². The third-order valence-corrected chi connectivity index (χ3v) is 2.37. The Hall–Kier alpha value is -2.11. The number of nitrogens with one attached hydrogen (secondary N) is 2. The summed E-state index contributed by atoms with van der Waals surface area (Å²) in [5.74, 6) is -1.29. The number of carbonyl (C=O) groups excluding carboxylic acids is 1. The number of hydrogen-bond donors (Lipinski definition) is 3. The standard InChI is InChI=1S/C12H15FN2O3/c1-8-9(13)4-2-5-10(8)15-12(18)14-7-3-6-11(16)17/h2,4-5H,3,6-7H2,1H3,(H,16,17)(H2,14,15,18). The molecule has 1 aromatic rings. The molecule has 2 amide bonds. The van der Waals surface area contributed by atoms with Crippen LogP contribution in [-0.4, -0.2) is 23.7 Å². The molecular formula is C12H15FN2O3. The zero-order chi connectivity index (χ0) is 13.5. The first-order valence-corrected chi connectivity index (χ1v) is 5.52. The van der Waals surface area contributed by atoms with E-state index < -0.39 is 17.8 Å². The predicted octanol–water partition coefficient (Wildman–Crippen LogP) is 2.12. The molecule has 6 heteroatoms. The summed E-state index contributed by atoms with van der Waals surface area (Å²) in [7, 11) is 0. The van der Waals surface area contributed by atoms with Gasteiger partial charge in [-0.05, 0) is 25.5 Å². The lowest BCUT2D eigenvalue weighted by Crippen LogP contribution is -2.30. The second kappa shape index (κ2) is 6.58. The fraction of sp³-hybridized carbons (Fsp3) is 0.333. The summed E-state index contributed by atoms with van der Waals surface area (Å²) in [4.78, 5) is 21.7. The van der Waals surface area contributed by atoms with Crippen LogP contribution in [0.2, 0.25) is 0 Å². The minimum absolute atomic E-state index is 0.000721. The van der Waals surface area contributed by atoms with Gasteiger partial charge in [-0.3, -0.25) is 4.79 Å². The second-order valence-corrected chi connectivity index (χ2v) is 3.79. The summed E-state index contributed by atoms with van der Waals surface area (Å²) in [6, 6.07) is 3.93. The van der Waals surface area contributed by atoms with Crippen LogP contribution in [0, 0.1) is 12.7 Å². The van der Waals surface area contributed by atoms with Crippen molar-refractivity contribution in [3.63, 3.8) is 0 Å². The number of carbonyl (C=O) groups is 2. The van der Waals surface area contributed by atoms with Crippen molar-refractivity contribution in [2.45, 2.75) is 19.8 Å². The molecule has 0 spiro atoms. The highest BCUT2D eigenvalue weighted by Crippen LogP contribution is 2.16. The molecule has 3 N–H and O–H groups in total. The van der Waals surface area contributed by atoms with E-state index in [0.717, 1.165) is 0 Å². The summed E-state index contributed by atoms with van der Waals surface area (Å²) < 4.78 is 13.2. The van der Waals surface area contributed by atoms with Crippen molar-refractivity contribution in [3.05, 3.63) is 29.6 Å². The molecule has 0 bridgehead atoms. The number of aliphatic carboxylic acids is 1. The third kappa shape index (κ3) is 4.40. The van der Waals surface area contributed by atoms with Crippen LogP contribution in [0.1, 0.15) is 18.4 Å². The monoisotopic (exact) mass is 254 g/mol. The molecule has 5 nitrogen and oxygen atoms in total. The van der Waals surface area contributed by atoms with Crippen LogP contribution >= 0.6 is 0 Å². The highest BCUT2D eigenvalue weighted by Gasteiger charge is 2.06. The third-order valence-electron chi connectivity index (χ3n) is 2.37. The highest BCUT2D eigenvalue weighted by atomic mass is 19.1. The van der Waals surface area contributed by atoms with Gasteiger partial charge in [0.25, 0.3) is 0 Å². The van der Waals surface area contributed by atoms with E-state index in [1.807, 2.05) is 0 Å². The Kier molecular flexibility index (Phi) is 5.10. The molecule has 0 aliphatic carbocycles. The molecule has 0 aromatic heterocycles. The van der Waals surface area contributed by atoms with Gasteiger partial charge in [-0.15, -0.1) is 0 Å². The van der Waals surface area contributed by atoms with E-state index >= 15 is 0 Å². The Morgan fingerprint density at radius 3 is 2.78 bits per heavy atom. The molecule has 98 valence electrons. The Morgan fingerprint density at radius 2 is 2.11 bits per heavy atom. The average Bonchev–Trinajstić information content (AvgIpc) is 2.30. The van der Waals surface area contributed by atoms with E-state index in [-0.39, 0.29) is 13.0 Å². The number of anilines is 1. The largest absolute Gasteiger partial charge is 0.481 e. The van der Waals surface area contributed by atoms with Gasteiger partial charge in [0.1, 0.15) is 5.82 Å². The van der Waals surface area contributed by atoms with E-state index in [4.69, 9.17) is 5.11 Å². The first kappa shape index (κ1) is 14.0. The number of amides is 2. The molecule has 0 atom stereocenters. The quantitative estimate of drug-likeness (QED) is 0.704. The number of carboxylic acid groups (broad SMARTS) is 1. The lowest BCUT2D eigenvalue weighted by Gasteiger charge is -2.09. The maximum absolute atomic E-state index is 13.2. The van der Waals surface area contributed by atoms with Crippen LogP contribution in [0.5, 0.6) is 0 Å². The molecule has 1 rings (SSSR count). The Labute approximate surface area is 104 Å². The van der Waals surface area contributed by atoms with Gasteiger partial charge in [-0.1, -0.05) is 6.07 Å². The lowest BCUT2D eigenvalue weighted by molar-refractivity contribution is -0.137. The Morgan fingerprint density at radius 1 is 1.39 bits per heavy atom. The SMILES string of the molecule is Cc1c(F)cccc1NC(=O)NCCCC(=O)O. The van der Waals surface area contributed by atoms with Crippen LogP contribution in [0.4, 0.5) is 14.9 Å². The molecule has 0 fully saturated rings. The molecule has 18 heavy (non-hydrogen) atoms. The van der Waals surface area contributed by atoms with Crippen molar-refractivity contribution < 1.29 is 19.1 Å². The van der Waals surface area contributed by atoms with Crippen LogP contribution in [-0.2, 0) is 4.79 Å². The van der Waals surface area contributed by atoms with E-state index in [9.17, 15) is 14.0 Å². The average molecular weight is 254 g/mol. The Bertz CT molecular complexity index is 449. The molecular weight excluding hydrogens is 239 g/mol. The fourth-order valence-corrected chi connectivity index (χ4v) is 1.35. The lowest BCUT2D eigenvalue weighted by atomic mass is 10.2. The van der Waals surface area contributed by atoms with E-state index in [2.05, 4.69) is 10.6 Å². The van der Waals surface area contributed by atoms with Gasteiger partial charge in [0.05, 0.1) is 0 Å². The summed E-state index contributed by atoms with van der Waals surface area (Å²) in [6.45, 7) is 1.82. The highest BCUT2D eigenvalue weighted by molar-refractivity contribution is 5.90. The van der Waals surface area contributed by atoms with Crippen LogP contribution in [0.3, 0.4) is 0 Å². The topological polar surface area (TPSA) is 78.4 Å². The first-order chi connectivity index (χ1) is 8.50. The van der Waals surface area contributed by atoms with Gasteiger partial charge in [0, 0.05) is 24.2 Å². The molecule has 1 aromatic carbocycles. The molecule has 0 aliphatic heterocycles. The van der Waals surface area contributed by atoms with E-state index in [0.29, 0.717) is 17.7 Å². The second-order valence-electron chi connectivity index (χ2n) is 3.79. The number of urea groups is 1. The van der Waals surface area contributed by atoms with Gasteiger partial charge < -0.3 is 15.7 Å². The molecule has 0 heterocycles. The van der Waals surface area contributed by atoms with Crippen LogP contribution < -0.4 is 10.6 Å². The zero-order valence-electron chi connectivity index (χ0n) is 10.00. The van der Waals surface area contributed by atoms with Crippen molar-refractivity contribution in [1.29, 1.82) is 0 Å². The normalized spacial score (nSPS) is 9.89. The summed E-state index contributed by atoms with van der Waals surface area (Å²) in [6.07, 6.45) is 0.351. The smallest absolute Gasteiger partial charge is 0.319 e. The van der Waals surface area contributed by atoms with Gasteiger partial charge in [0.15, 0.2) is 0 Å². The zero-order valence-corrected chi connectivity index (χ0v) is 10.00. The first-order valence-electron chi connectivity index (χ1n) is 5.52. The molecule has 0 aliphatic rings.